The minimum Gasteiger partial charge on any atom is -0.396 e. The monoisotopic (exact) mass is 370 g/mol. The zero-order chi connectivity index (χ0) is 19.0. The Kier molecular flexibility index (Phi) is 4.53. The maximum Gasteiger partial charge on any atom is 0.254 e. The highest BCUT2D eigenvalue weighted by Gasteiger charge is 2.35. The van der Waals surface area contributed by atoms with Crippen LogP contribution in [0.25, 0.3) is 0 Å². The lowest BCUT2D eigenvalue weighted by Gasteiger charge is -2.35. The van der Waals surface area contributed by atoms with Crippen LogP contribution in [0, 0.1) is 5.82 Å². The summed E-state index contributed by atoms with van der Waals surface area (Å²) in [6, 6.07) is 5.04. The Morgan fingerprint density at radius 2 is 2.04 bits per heavy atom. The fraction of sp³-hybridized carbons (Fsp3) is 0.389. The molecule has 0 saturated heterocycles. The van der Waals surface area contributed by atoms with Gasteiger partial charge in [-0.3, -0.25) is 9.79 Å². The first-order valence-electron chi connectivity index (χ1n) is 8.78. The molecule has 2 aliphatic rings. The molecule has 0 fully saturated rings. The van der Waals surface area contributed by atoms with Crippen molar-refractivity contribution in [3.05, 3.63) is 47.3 Å². The van der Waals surface area contributed by atoms with Crippen LogP contribution in [-0.4, -0.2) is 61.9 Å². The Morgan fingerprint density at radius 3 is 2.70 bits per heavy atom. The molecule has 4 rings (SSSR count). The van der Waals surface area contributed by atoms with Gasteiger partial charge in [-0.05, 0) is 37.6 Å². The van der Waals surface area contributed by atoms with E-state index in [1.807, 2.05) is 11.5 Å². The van der Waals surface area contributed by atoms with Crippen LogP contribution in [0.15, 0.2) is 34.3 Å². The molecule has 9 heteroatoms. The van der Waals surface area contributed by atoms with Gasteiger partial charge in [-0.2, -0.15) is 0 Å². The van der Waals surface area contributed by atoms with Crippen LogP contribution in [0.4, 0.5) is 4.39 Å². The van der Waals surface area contributed by atoms with Crippen LogP contribution >= 0.6 is 0 Å². The van der Waals surface area contributed by atoms with Gasteiger partial charge in [0.2, 0.25) is 0 Å². The number of carbonyl (C=O) groups excluding carboxylic acids is 1. The maximum atomic E-state index is 13.2. The minimum absolute atomic E-state index is 0.0940. The summed E-state index contributed by atoms with van der Waals surface area (Å²) in [6.45, 7) is 3.16. The van der Waals surface area contributed by atoms with Gasteiger partial charge in [-0.25, -0.2) is 9.38 Å². The van der Waals surface area contributed by atoms with Crippen LogP contribution in [-0.2, 0) is 6.54 Å². The minimum atomic E-state index is -0.411. The van der Waals surface area contributed by atoms with Gasteiger partial charge in [-0.1, -0.05) is 0 Å². The number of benzene rings is 1. The molecular formula is C18H19FN6O2. The molecule has 1 aromatic carbocycles. The van der Waals surface area contributed by atoms with Crippen molar-refractivity contribution in [2.45, 2.75) is 25.9 Å². The highest BCUT2D eigenvalue weighted by atomic mass is 19.1. The van der Waals surface area contributed by atoms with E-state index in [0.717, 1.165) is 5.71 Å². The van der Waals surface area contributed by atoms with E-state index in [4.69, 9.17) is 0 Å². The molecule has 140 valence electrons. The van der Waals surface area contributed by atoms with Crippen molar-refractivity contribution in [3.63, 3.8) is 0 Å². The van der Waals surface area contributed by atoms with Crippen molar-refractivity contribution in [2.75, 3.05) is 19.7 Å². The van der Waals surface area contributed by atoms with Crippen LogP contribution in [0.1, 0.15) is 41.4 Å². The van der Waals surface area contributed by atoms with E-state index in [-0.39, 0.29) is 12.5 Å². The Bertz CT molecular complexity index is 934. The first-order chi connectivity index (χ1) is 13.1. The number of amidine groups is 1. The van der Waals surface area contributed by atoms with E-state index in [1.165, 1.54) is 24.3 Å². The molecule has 1 amide bonds. The third-order valence-corrected chi connectivity index (χ3v) is 4.79. The van der Waals surface area contributed by atoms with Crippen molar-refractivity contribution in [3.8, 4) is 0 Å². The molecule has 8 nitrogen and oxygen atoms in total. The molecule has 0 radical (unpaired) electrons. The molecule has 1 N–H and O–H groups in total. The summed E-state index contributed by atoms with van der Waals surface area (Å²) >= 11 is 0. The van der Waals surface area contributed by atoms with Gasteiger partial charge >= 0.3 is 0 Å². The first-order valence-corrected chi connectivity index (χ1v) is 8.78. The Hall–Kier alpha value is -2.94. The lowest BCUT2D eigenvalue weighted by atomic mass is 10.1. The van der Waals surface area contributed by atoms with Gasteiger partial charge in [-0.15, -0.1) is 10.2 Å². The lowest BCUT2D eigenvalue weighted by molar-refractivity contribution is 0.0577. The summed E-state index contributed by atoms with van der Waals surface area (Å²) < 4.78 is 15.1. The van der Waals surface area contributed by atoms with E-state index < -0.39 is 11.9 Å². The van der Waals surface area contributed by atoms with Crippen LogP contribution in [0.3, 0.4) is 0 Å². The predicted octanol–water partition coefficient (Wildman–Crippen LogP) is 1.22. The van der Waals surface area contributed by atoms with Gasteiger partial charge in [0.1, 0.15) is 17.4 Å². The van der Waals surface area contributed by atoms with Gasteiger partial charge < -0.3 is 14.6 Å². The Balaban J connectivity index is 1.66. The van der Waals surface area contributed by atoms with Gasteiger partial charge in [0.15, 0.2) is 11.6 Å². The highest BCUT2D eigenvalue weighted by Crippen LogP contribution is 2.29. The molecule has 0 unspecified atom stereocenters. The third kappa shape index (κ3) is 3.14. The summed E-state index contributed by atoms with van der Waals surface area (Å²) in [5.74, 6) is 1.37. The zero-order valence-electron chi connectivity index (χ0n) is 14.8. The Morgan fingerprint density at radius 1 is 1.26 bits per heavy atom. The summed E-state index contributed by atoms with van der Waals surface area (Å²) in [6.07, 6.45) is 0.340. The van der Waals surface area contributed by atoms with Crippen molar-refractivity contribution < 1.29 is 14.3 Å². The number of hydrogen-bond donors (Lipinski definition) is 1. The van der Waals surface area contributed by atoms with Gasteiger partial charge in [0, 0.05) is 25.3 Å². The van der Waals surface area contributed by atoms with E-state index >= 15 is 0 Å². The highest BCUT2D eigenvalue weighted by molar-refractivity contribution is 6.10. The number of aliphatic hydroxyl groups excluding tert-OH is 1. The SMILES string of the molecule is CC1=NCC(c2nnc3n2CCN(C(=O)c2ccc(F)cc2)[C@@H]3CCO)=N1. The standard InChI is InChI=1S/C18H19FN6O2/c1-11-20-10-14(21-11)16-22-23-17-15(6-9-26)24(7-8-25(16)17)18(27)12-2-4-13(19)5-3-12/h2-5,15,26H,6-10H2,1H3/t15-/m1/s1. The Labute approximate surface area is 155 Å². The second-order valence-electron chi connectivity index (χ2n) is 6.49. The number of halogens is 1. The van der Waals surface area contributed by atoms with Crippen molar-refractivity contribution in [1.82, 2.24) is 19.7 Å². The van der Waals surface area contributed by atoms with Crippen molar-refractivity contribution >= 4 is 17.5 Å². The third-order valence-electron chi connectivity index (χ3n) is 4.79. The number of rotatable bonds is 4. The zero-order valence-corrected chi connectivity index (χ0v) is 14.8. The molecule has 1 atom stereocenters. The van der Waals surface area contributed by atoms with Gasteiger partial charge in [0.25, 0.3) is 5.91 Å². The molecule has 0 saturated carbocycles. The second kappa shape index (κ2) is 6.99. The fourth-order valence-electron chi connectivity index (χ4n) is 3.48. The molecule has 0 aliphatic carbocycles. The summed E-state index contributed by atoms with van der Waals surface area (Å²) in [5.41, 5.74) is 1.16. The number of amides is 1. The number of aromatic nitrogens is 3. The maximum absolute atomic E-state index is 13.2. The number of hydrogen-bond acceptors (Lipinski definition) is 6. The van der Waals surface area contributed by atoms with Crippen molar-refractivity contribution in [1.29, 1.82) is 0 Å². The number of fused-ring (bicyclic) bond motifs is 1. The molecule has 1 aromatic heterocycles. The van der Waals surface area contributed by atoms with Gasteiger partial charge in [0.05, 0.1) is 12.6 Å². The largest absolute Gasteiger partial charge is 0.396 e. The summed E-state index contributed by atoms with van der Waals surface area (Å²) in [4.78, 5) is 23.3. The van der Waals surface area contributed by atoms with E-state index in [9.17, 15) is 14.3 Å². The topological polar surface area (TPSA) is 96.0 Å². The van der Waals surface area contributed by atoms with Crippen LogP contribution < -0.4 is 0 Å². The van der Waals surface area contributed by atoms with E-state index in [1.54, 1.807) is 4.90 Å². The molecule has 27 heavy (non-hydrogen) atoms. The number of aliphatic hydroxyl groups is 1. The molecule has 2 aromatic rings. The molecule has 2 aliphatic heterocycles. The number of carbonyl (C=O) groups is 1. The quantitative estimate of drug-likeness (QED) is 0.875. The summed E-state index contributed by atoms with van der Waals surface area (Å²) in [7, 11) is 0. The van der Waals surface area contributed by atoms with Crippen molar-refractivity contribution in [2.24, 2.45) is 9.98 Å². The number of nitrogens with zero attached hydrogens (tertiary/aromatic N) is 6. The summed E-state index contributed by atoms with van der Waals surface area (Å²) in [5, 5.41) is 18.1. The predicted molar refractivity (Wildman–Crippen MR) is 96.4 cm³/mol. The number of aliphatic imine (C=N–C) groups is 2. The normalized spacial score (nSPS) is 18.9. The van der Waals surface area contributed by atoms with E-state index in [2.05, 4.69) is 20.2 Å². The lowest BCUT2D eigenvalue weighted by Crippen LogP contribution is -2.43. The first kappa shape index (κ1) is 17.5. The smallest absolute Gasteiger partial charge is 0.254 e. The van der Waals surface area contributed by atoms with Crippen LogP contribution in [0.5, 0.6) is 0 Å². The molecular weight excluding hydrogens is 351 g/mol. The molecule has 0 spiro atoms. The van der Waals surface area contributed by atoms with E-state index in [0.29, 0.717) is 49.1 Å². The molecule has 3 heterocycles. The molecule has 0 bridgehead atoms. The van der Waals surface area contributed by atoms with Crippen LogP contribution in [0.2, 0.25) is 0 Å². The fourth-order valence-corrected chi connectivity index (χ4v) is 3.48. The average Bonchev–Trinajstić information content (AvgIpc) is 3.28. The second-order valence-corrected chi connectivity index (χ2v) is 6.49. The average molecular weight is 370 g/mol.